The molecule has 0 spiro atoms. The predicted molar refractivity (Wildman–Crippen MR) is 117 cm³/mol. The first kappa shape index (κ1) is 18.0. The number of fused-ring (bicyclic) bond motifs is 2. The van der Waals surface area contributed by atoms with Gasteiger partial charge in [-0.2, -0.15) is 0 Å². The van der Waals surface area contributed by atoms with Crippen molar-refractivity contribution in [3.63, 3.8) is 0 Å². The van der Waals surface area contributed by atoms with Gasteiger partial charge in [-0.15, -0.1) is 5.11 Å². The van der Waals surface area contributed by atoms with Crippen molar-refractivity contribution in [1.82, 2.24) is 0 Å². The van der Waals surface area contributed by atoms with Gasteiger partial charge in [0.05, 0.1) is 17.1 Å². The molecule has 3 aromatic rings. The normalized spacial score (nSPS) is 14.5. The molecule has 28 heavy (non-hydrogen) atoms. The molecular weight excluding hydrogens is 344 g/mol. The summed E-state index contributed by atoms with van der Waals surface area (Å²) in [5, 5.41) is 9.76. The van der Waals surface area contributed by atoms with Crippen molar-refractivity contribution in [2.24, 2.45) is 10.3 Å². The van der Waals surface area contributed by atoms with Crippen LogP contribution in [0.1, 0.15) is 25.0 Å². The molecule has 0 aliphatic carbocycles. The molecule has 1 aliphatic rings. The zero-order chi connectivity index (χ0) is 19.7. The molecule has 4 rings (SSSR count). The first-order valence-corrected chi connectivity index (χ1v) is 9.38. The summed E-state index contributed by atoms with van der Waals surface area (Å²) in [5.74, 6) is 0. The average molecular weight is 368 g/mol. The van der Waals surface area contributed by atoms with Crippen LogP contribution in [0.25, 0.3) is 0 Å². The maximum absolute atomic E-state index is 4.13. The highest BCUT2D eigenvalue weighted by Crippen LogP contribution is 2.51. The molecule has 0 atom stereocenters. The zero-order valence-electron chi connectivity index (χ0n) is 16.5. The second-order valence-electron chi connectivity index (χ2n) is 7.43. The average Bonchev–Trinajstić information content (AvgIpc) is 2.72. The van der Waals surface area contributed by atoms with E-state index in [1.165, 1.54) is 28.7 Å². The minimum absolute atomic E-state index is 0.0593. The third-order valence-corrected chi connectivity index (χ3v) is 5.37. The van der Waals surface area contributed by atoms with E-state index in [1.54, 1.807) is 5.01 Å². The minimum atomic E-state index is -0.0593. The zero-order valence-corrected chi connectivity index (χ0v) is 16.5. The molecule has 4 heteroatoms. The molecule has 1 aliphatic heterocycles. The van der Waals surface area contributed by atoms with Crippen molar-refractivity contribution < 1.29 is 0 Å². The number of nitrogens with zero attached hydrogens (tertiary/aromatic N) is 4. The molecule has 140 valence electrons. The van der Waals surface area contributed by atoms with Crippen LogP contribution in [0.4, 0.5) is 22.7 Å². The first-order chi connectivity index (χ1) is 13.5. The van der Waals surface area contributed by atoms with E-state index in [0.717, 1.165) is 11.4 Å². The van der Waals surface area contributed by atoms with Crippen LogP contribution in [0.3, 0.4) is 0 Å². The largest absolute Gasteiger partial charge is 0.310 e. The molecule has 0 aromatic heterocycles. The van der Waals surface area contributed by atoms with Gasteiger partial charge in [0.1, 0.15) is 0 Å². The van der Waals surface area contributed by atoms with E-state index in [2.05, 4.69) is 102 Å². The van der Waals surface area contributed by atoms with Crippen molar-refractivity contribution in [2.75, 3.05) is 17.0 Å². The quantitative estimate of drug-likeness (QED) is 0.377. The van der Waals surface area contributed by atoms with Crippen LogP contribution in [0.5, 0.6) is 0 Å². The fourth-order valence-electron chi connectivity index (χ4n) is 3.95. The Kier molecular flexibility index (Phi) is 4.47. The van der Waals surface area contributed by atoms with Crippen molar-refractivity contribution in [2.45, 2.75) is 19.3 Å². The number of hydrogen-bond acceptors (Lipinski definition) is 3. The summed E-state index contributed by atoms with van der Waals surface area (Å²) in [6, 6.07) is 25.6. The van der Waals surface area contributed by atoms with Gasteiger partial charge < -0.3 is 4.90 Å². The molecule has 0 fully saturated rings. The Morgan fingerprint density at radius 2 is 1.50 bits per heavy atom. The van der Waals surface area contributed by atoms with Gasteiger partial charge in [-0.3, -0.25) is 0 Å². The van der Waals surface area contributed by atoms with Crippen LogP contribution in [0.15, 0.2) is 95.9 Å². The van der Waals surface area contributed by atoms with Gasteiger partial charge in [0.25, 0.3) is 0 Å². The second-order valence-corrected chi connectivity index (χ2v) is 7.43. The summed E-state index contributed by atoms with van der Waals surface area (Å²) in [5.41, 5.74) is 7.04. The van der Waals surface area contributed by atoms with E-state index < -0.39 is 0 Å². The van der Waals surface area contributed by atoms with Crippen molar-refractivity contribution in [3.8, 4) is 0 Å². The Hall–Kier alpha value is -3.40. The van der Waals surface area contributed by atoms with Crippen LogP contribution < -0.4 is 9.91 Å². The predicted octanol–water partition coefficient (Wildman–Crippen LogP) is 6.74. The summed E-state index contributed by atoms with van der Waals surface area (Å²) in [6.45, 7) is 8.17. The first-order valence-electron chi connectivity index (χ1n) is 9.38. The Morgan fingerprint density at radius 3 is 2.11 bits per heavy atom. The highest BCUT2D eigenvalue weighted by molar-refractivity contribution is 5.86. The molecule has 0 saturated heterocycles. The fourth-order valence-corrected chi connectivity index (χ4v) is 3.95. The Bertz CT molecular complexity index is 1000. The summed E-state index contributed by atoms with van der Waals surface area (Å²) < 4.78 is 0. The molecule has 1 heterocycles. The molecule has 0 unspecified atom stereocenters. The summed E-state index contributed by atoms with van der Waals surface area (Å²) in [4.78, 5) is 2.33. The SMILES string of the molecule is C=CN=NN(C)c1cccc(N2c3ccccc3C(C)(C)c3ccccc32)c1. The van der Waals surface area contributed by atoms with Gasteiger partial charge in [0.15, 0.2) is 0 Å². The molecule has 0 N–H and O–H groups in total. The molecule has 4 nitrogen and oxygen atoms in total. The number of hydrogen-bond donors (Lipinski definition) is 0. The second kappa shape index (κ2) is 6.97. The number of para-hydroxylation sites is 2. The molecular formula is C24H24N4. The lowest BCUT2D eigenvalue weighted by atomic mass is 9.73. The van der Waals surface area contributed by atoms with E-state index in [1.807, 2.05) is 13.1 Å². The Morgan fingerprint density at radius 1 is 0.893 bits per heavy atom. The Labute approximate surface area is 166 Å². The number of rotatable bonds is 4. The van der Waals surface area contributed by atoms with Crippen LogP contribution >= 0.6 is 0 Å². The summed E-state index contributed by atoms with van der Waals surface area (Å²) in [6.07, 6.45) is 1.43. The lowest BCUT2D eigenvalue weighted by molar-refractivity contribution is 0.632. The standard InChI is InChI=1S/C24H24N4/c1-5-25-26-27(4)18-11-10-12-19(17-18)28-22-15-8-6-13-20(22)24(2,3)21-14-7-9-16-23(21)28/h5-17H,1H2,2-4H3. The summed E-state index contributed by atoms with van der Waals surface area (Å²) in [7, 11) is 1.88. The Balaban J connectivity index is 1.90. The third kappa shape index (κ3) is 2.87. The van der Waals surface area contributed by atoms with Gasteiger partial charge in [-0.05, 0) is 41.5 Å². The molecule has 0 amide bonds. The van der Waals surface area contributed by atoms with Gasteiger partial charge in [0, 0.05) is 24.4 Å². The highest BCUT2D eigenvalue weighted by atomic mass is 15.5. The molecule has 0 bridgehead atoms. The van der Waals surface area contributed by atoms with E-state index in [9.17, 15) is 0 Å². The maximum Gasteiger partial charge on any atom is 0.0628 e. The van der Waals surface area contributed by atoms with Crippen LogP contribution in [0.2, 0.25) is 0 Å². The molecule has 0 radical (unpaired) electrons. The van der Waals surface area contributed by atoms with Gasteiger partial charge in [-0.1, -0.05) is 68.1 Å². The van der Waals surface area contributed by atoms with Gasteiger partial charge in [0.2, 0.25) is 0 Å². The summed E-state index contributed by atoms with van der Waals surface area (Å²) >= 11 is 0. The van der Waals surface area contributed by atoms with Crippen LogP contribution in [-0.4, -0.2) is 7.05 Å². The maximum atomic E-state index is 4.13. The van der Waals surface area contributed by atoms with Crippen LogP contribution in [0, 0.1) is 0 Å². The fraction of sp³-hybridized carbons (Fsp3) is 0.167. The highest BCUT2D eigenvalue weighted by Gasteiger charge is 2.36. The van der Waals surface area contributed by atoms with Gasteiger partial charge in [-0.25, -0.2) is 5.01 Å². The third-order valence-electron chi connectivity index (χ3n) is 5.37. The topological polar surface area (TPSA) is 31.2 Å². The van der Waals surface area contributed by atoms with Crippen molar-refractivity contribution in [3.05, 3.63) is 96.7 Å². The van der Waals surface area contributed by atoms with E-state index in [4.69, 9.17) is 0 Å². The van der Waals surface area contributed by atoms with Crippen molar-refractivity contribution >= 4 is 22.7 Å². The number of anilines is 4. The minimum Gasteiger partial charge on any atom is -0.310 e. The van der Waals surface area contributed by atoms with E-state index in [-0.39, 0.29) is 5.41 Å². The lowest BCUT2D eigenvalue weighted by Gasteiger charge is -2.42. The number of benzene rings is 3. The molecule has 3 aromatic carbocycles. The van der Waals surface area contributed by atoms with Crippen molar-refractivity contribution in [1.29, 1.82) is 0 Å². The van der Waals surface area contributed by atoms with Crippen LogP contribution in [-0.2, 0) is 5.41 Å². The lowest BCUT2D eigenvalue weighted by Crippen LogP contribution is -2.30. The smallest absolute Gasteiger partial charge is 0.0628 e. The van der Waals surface area contributed by atoms with E-state index >= 15 is 0 Å². The monoisotopic (exact) mass is 368 g/mol. The molecule has 0 saturated carbocycles. The van der Waals surface area contributed by atoms with E-state index in [0.29, 0.717) is 0 Å². The van der Waals surface area contributed by atoms with Gasteiger partial charge >= 0.3 is 0 Å².